The number of ether oxygens (including phenoxy) is 1. The summed E-state index contributed by atoms with van der Waals surface area (Å²) >= 11 is 0. The Morgan fingerprint density at radius 1 is 1.24 bits per heavy atom. The van der Waals surface area contributed by atoms with Crippen molar-refractivity contribution >= 4 is 16.9 Å². The molecule has 172 valence electrons. The van der Waals surface area contributed by atoms with Crippen molar-refractivity contribution in [2.45, 2.75) is 31.7 Å². The Bertz CT molecular complexity index is 1470. The van der Waals surface area contributed by atoms with Gasteiger partial charge in [0.05, 0.1) is 12.0 Å². The van der Waals surface area contributed by atoms with Crippen LogP contribution in [0, 0.1) is 11.3 Å². The molecule has 1 aliphatic heterocycles. The number of carboxylic acid groups (broad SMARTS) is 1. The van der Waals surface area contributed by atoms with Gasteiger partial charge in [0, 0.05) is 40.2 Å². The molecule has 0 saturated heterocycles. The molecule has 0 spiro atoms. The van der Waals surface area contributed by atoms with Crippen LogP contribution in [0.4, 0.5) is 13.2 Å². The van der Waals surface area contributed by atoms with Gasteiger partial charge in [-0.15, -0.1) is 13.2 Å². The van der Waals surface area contributed by atoms with Crippen LogP contribution < -0.4 is 4.74 Å². The number of carbonyl (C=O) groups is 1. The lowest BCUT2D eigenvalue weighted by Crippen LogP contribution is -2.17. The summed E-state index contributed by atoms with van der Waals surface area (Å²) in [5.74, 6) is -1.19. The molecule has 0 bridgehead atoms. The molecular formula is C23H15F3N4O4. The van der Waals surface area contributed by atoms with E-state index in [4.69, 9.17) is 9.63 Å². The molecular weight excluding hydrogens is 453 g/mol. The number of nitrogens with zero attached hydrogens (tertiary/aromatic N) is 4. The van der Waals surface area contributed by atoms with Crippen molar-refractivity contribution in [3.8, 4) is 34.7 Å². The minimum absolute atomic E-state index is 0.0334. The van der Waals surface area contributed by atoms with Crippen molar-refractivity contribution in [2.75, 3.05) is 0 Å². The summed E-state index contributed by atoms with van der Waals surface area (Å²) in [6.45, 7) is 0.748. The molecule has 1 atom stereocenters. The second kappa shape index (κ2) is 7.91. The van der Waals surface area contributed by atoms with Gasteiger partial charge in [-0.3, -0.25) is 4.79 Å². The van der Waals surface area contributed by atoms with Gasteiger partial charge in [-0.1, -0.05) is 5.16 Å². The fourth-order valence-electron chi connectivity index (χ4n) is 4.29. The van der Waals surface area contributed by atoms with Gasteiger partial charge in [-0.25, -0.2) is 0 Å². The summed E-state index contributed by atoms with van der Waals surface area (Å²) in [7, 11) is 0. The molecule has 5 rings (SSSR count). The molecule has 0 unspecified atom stereocenters. The first kappa shape index (κ1) is 21.5. The molecule has 11 heteroatoms. The first-order valence-electron chi connectivity index (χ1n) is 10.2. The average molecular weight is 468 g/mol. The number of fused-ring (bicyclic) bond motifs is 3. The smallest absolute Gasteiger partial charge is 0.481 e. The summed E-state index contributed by atoms with van der Waals surface area (Å²) in [6.07, 6.45) is -4.06. The van der Waals surface area contributed by atoms with Crippen molar-refractivity contribution in [1.82, 2.24) is 14.7 Å². The standard InChI is InChI=1S/C23H15F3N4O4/c24-23(25,26)33-19-4-2-14(8-16(19)11-27)22-28-21(29-34-22)13-1-3-17-15(7-13)9-18-12(10-20(31)32)5-6-30(17)18/h1-4,7-9,12H,5-6,10H2,(H,31,32)/t12-/m1/s1. The van der Waals surface area contributed by atoms with Crippen LogP contribution in [0.15, 0.2) is 47.0 Å². The minimum atomic E-state index is -4.92. The van der Waals surface area contributed by atoms with E-state index in [0.717, 1.165) is 35.6 Å². The lowest BCUT2D eigenvalue weighted by molar-refractivity contribution is -0.274. The van der Waals surface area contributed by atoms with Crippen molar-refractivity contribution in [1.29, 1.82) is 5.26 Å². The van der Waals surface area contributed by atoms with E-state index in [1.807, 2.05) is 24.3 Å². The molecule has 4 aromatic rings. The normalized spacial score (nSPS) is 15.3. The Hall–Kier alpha value is -4.33. The number of hydrogen-bond donors (Lipinski definition) is 1. The van der Waals surface area contributed by atoms with Crippen LogP contribution in [-0.4, -0.2) is 32.1 Å². The maximum absolute atomic E-state index is 12.5. The third-order valence-corrected chi connectivity index (χ3v) is 5.73. The van der Waals surface area contributed by atoms with E-state index in [1.54, 1.807) is 6.07 Å². The van der Waals surface area contributed by atoms with Gasteiger partial charge in [-0.2, -0.15) is 10.2 Å². The topological polar surface area (TPSA) is 114 Å². The Balaban J connectivity index is 1.44. The van der Waals surface area contributed by atoms with E-state index in [2.05, 4.69) is 19.4 Å². The van der Waals surface area contributed by atoms with E-state index in [-0.39, 0.29) is 35.2 Å². The molecule has 1 N–H and O–H groups in total. The van der Waals surface area contributed by atoms with Crippen LogP contribution in [0.5, 0.6) is 5.75 Å². The number of benzene rings is 2. The molecule has 3 heterocycles. The zero-order chi connectivity index (χ0) is 24.0. The van der Waals surface area contributed by atoms with Crippen LogP contribution in [0.2, 0.25) is 0 Å². The largest absolute Gasteiger partial charge is 0.573 e. The van der Waals surface area contributed by atoms with Crippen LogP contribution in [0.3, 0.4) is 0 Å². The van der Waals surface area contributed by atoms with E-state index < -0.39 is 18.1 Å². The van der Waals surface area contributed by atoms with Crippen LogP contribution >= 0.6 is 0 Å². The number of halogens is 3. The Morgan fingerprint density at radius 2 is 2.03 bits per heavy atom. The number of aromatic nitrogens is 3. The highest BCUT2D eigenvalue weighted by atomic mass is 19.4. The first-order valence-corrected chi connectivity index (χ1v) is 10.2. The predicted octanol–water partition coefficient (Wildman–Crippen LogP) is 5.09. The number of alkyl halides is 3. The lowest BCUT2D eigenvalue weighted by Gasteiger charge is -2.10. The predicted molar refractivity (Wildman–Crippen MR) is 112 cm³/mol. The molecule has 0 fully saturated rings. The van der Waals surface area contributed by atoms with Crippen LogP contribution in [0.1, 0.15) is 30.0 Å². The summed E-state index contributed by atoms with van der Waals surface area (Å²) in [4.78, 5) is 15.5. The van der Waals surface area contributed by atoms with Gasteiger partial charge in [-0.05, 0) is 48.9 Å². The van der Waals surface area contributed by atoms with Gasteiger partial charge in [0.2, 0.25) is 5.82 Å². The first-order chi connectivity index (χ1) is 16.2. The summed E-state index contributed by atoms with van der Waals surface area (Å²) in [5, 5.41) is 23.2. The monoisotopic (exact) mass is 468 g/mol. The van der Waals surface area contributed by atoms with Crippen LogP contribution in [0.25, 0.3) is 33.7 Å². The Morgan fingerprint density at radius 3 is 2.76 bits per heavy atom. The number of rotatable bonds is 5. The van der Waals surface area contributed by atoms with E-state index in [0.29, 0.717) is 5.56 Å². The quantitative estimate of drug-likeness (QED) is 0.434. The minimum Gasteiger partial charge on any atom is -0.481 e. The highest BCUT2D eigenvalue weighted by Crippen LogP contribution is 2.37. The van der Waals surface area contributed by atoms with E-state index in [1.165, 1.54) is 12.1 Å². The molecule has 34 heavy (non-hydrogen) atoms. The number of aryl methyl sites for hydroxylation is 1. The molecule has 1 aliphatic rings. The van der Waals surface area contributed by atoms with E-state index >= 15 is 0 Å². The maximum Gasteiger partial charge on any atom is 0.573 e. The third kappa shape index (κ3) is 3.94. The molecule has 2 aromatic heterocycles. The van der Waals surface area contributed by atoms with Crippen molar-refractivity contribution in [3.05, 3.63) is 53.7 Å². The van der Waals surface area contributed by atoms with Crippen molar-refractivity contribution in [3.63, 3.8) is 0 Å². The van der Waals surface area contributed by atoms with E-state index in [9.17, 15) is 23.2 Å². The van der Waals surface area contributed by atoms with Gasteiger partial charge in [0.15, 0.2) is 0 Å². The highest BCUT2D eigenvalue weighted by Gasteiger charge is 2.32. The molecule has 2 aromatic carbocycles. The summed E-state index contributed by atoms with van der Waals surface area (Å²) in [5.41, 5.74) is 2.56. The number of carboxylic acids is 1. The van der Waals surface area contributed by atoms with Gasteiger partial charge in [0.25, 0.3) is 5.89 Å². The SMILES string of the molecule is N#Cc1cc(-c2nc(-c3ccc4c(c3)cc3n4CC[C@@H]3CC(=O)O)no2)ccc1OC(F)(F)F. The highest BCUT2D eigenvalue weighted by molar-refractivity contribution is 5.86. The number of hydrogen-bond acceptors (Lipinski definition) is 6. The zero-order valence-electron chi connectivity index (χ0n) is 17.3. The second-order valence-corrected chi connectivity index (χ2v) is 7.87. The zero-order valence-corrected chi connectivity index (χ0v) is 17.3. The molecule has 0 amide bonds. The maximum atomic E-state index is 12.5. The lowest BCUT2D eigenvalue weighted by atomic mass is 10.0. The van der Waals surface area contributed by atoms with Crippen molar-refractivity contribution in [2.24, 2.45) is 0 Å². The average Bonchev–Trinajstić information content (AvgIpc) is 3.49. The molecule has 0 saturated carbocycles. The number of nitriles is 1. The molecule has 0 radical (unpaired) electrons. The van der Waals surface area contributed by atoms with Gasteiger partial charge < -0.3 is 18.9 Å². The van der Waals surface area contributed by atoms with Gasteiger partial charge in [0.1, 0.15) is 11.8 Å². The second-order valence-electron chi connectivity index (χ2n) is 7.87. The molecule has 8 nitrogen and oxygen atoms in total. The fraction of sp³-hybridized carbons (Fsp3) is 0.217. The van der Waals surface area contributed by atoms with Crippen LogP contribution in [-0.2, 0) is 11.3 Å². The molecule has 0 aliphatic carbocycles. The number of aliphatic carboxylic acids is 1. The third-order valence-electron chi connectivity index (χ3n) is 5.73. The Kier molecular flexibility index (Phi) is 5.01. The fourth-order valence-corrected chi connectivity index (χ4v) is 4.29. The van der Waals surface area contributed by atoms with Crippen molar-refractivity contribution < 1.29 is 32.3 Å². The van der Waals surface area contributed by atoms with Gasteiger partial charge >= 0.3 is 12.3 Å². The Labute approximate surface area is 189 Å². The summed E-state index contributed by atoms with van der Waals surface area (Å²) < 4.78 is 48.8. The summed E-state index contributed by atoms with van der Waals surface area (Å²) in [6, 6.07) is 12.7.